The fourth-order valence-corrected chi connectivity index (χ4v) is 6.57. The van der Waals surface area contributed by atoms with Gasteiger partial charge in [0, 0.05) is 30.9 Å². The molecule has 0 atom stereocenters. The number of aromatic nitrogens is 1. The number of oxazole rings is 1. The zero-order valence-corrected chi connectivity index (χ0v) is 34.8. The Labute approximate surface area is 322 Å². The Hall–Kier alpha value is -3.10. The van der Waals surface area contributed by atoms with Crippen LogP contribution in [-0.2, 0) is 4.79 Å². The van der Waals surface area contributed by atoms with Crippen LogP contribution < -0.4 is 10.9 Å². The highest BCUT2D eigenvalue weighted by Gasteiger charge is 2.19. The summed E-state index contributed by atoms with van der Waals surface area (Å²) in [6.07, 6.45) is 29.5. The third-order valence-electron chi connectivity index (χ3n) is 9.84. The van der Waals surface area contributed by atoms with Crippen LogP contribution in [0.1, 0.15) is 230 Å². The predicted molar refractivity (Wildman–Crippen MR) is 218 cm³/mol. The van der Waals surface area contributed by atoms with E-state index in [1.54, 1.807) is 19.3 Å². The minimum Gasteiger partial charge on any atom is -0.508 e. The predicted octanol–water partition coefficient (Wildman–Crippen LogP) is 12.7. The molecule has 0 aliphatic heterocycles. The van der Waals surface area contributed by atoms with Crippen molar-refractivity contribution in [2.75, 3.05) is 7.05 Å². The average molecular weight is 747 g/mol. The standard InChI is InChI=1S/C16H26O3.C15H25NO3.C13H27NO/c1-3-5-7-9-13(10-8-6-4-2)15-11-14(17)12-16(18)19-15;1-3-5-7-9-12(10-8-6-4-2)13-11-16-14(19-13)15(17)18;1-4-6-8-10-12(13(15)14-3)11-9-7-5-2/h11-13,17H,3-10H2,1-2H3;11-12H,3-10H2,1-2H3,(H,17,18);12H,4-11H2,1-3H3,(H,14,15). The van der Waals surface area contributed by atoms with Crippen LogP contribution in [0.5, 0.6) is 5.75 Å². The fourth-order valence-electron chi connectivity index (χ4n) is 6.57. The molecule has 9 heteroatoms. The van der Waals surface area contributed by atoms with Crippen LogP contribution in [0.3, 0.4) is 0 Å². The molecule has 2 heterocycles. The minimum atomic E-state index is -1.09. The van der Waals surface area contributed by atoms with E-state index in [2.05, 4.69) is 51.8 Å². The van der Waals surface area contributed by atoms with Gasteiger partial charge in [0.15, 0.2) is 0 Å². The monoisotopic (exact) mass is 747 g/mol. The number of unbranched alkanes of at least 4 members (excludes halogenated alkanes) is 12. The summed E-state index contributed by atoms with van der Waals surface area (Å²) in [5.41, 5.74) is -0.453. The fraction of sp³-hybridized carbons (Fsp3) is 0.773. The summed E-state index contributed by atoms with van der Waals surface area (Å²) < 4.78 is 10.6. The molecule has 2 aromatic heterocycles. The van der Waals surface area contributed by atoms with Gasteiger partial charge in [-0.3, -0.25) is 4.79 Å². The number of carbonyl (C=O) groups is 2. The second-order valence-corrected chi connectivity index (χ2v) is 14.6. The van der Waals surface area contributed by atoms with Gasteiger partial charge < -0.3 is 24.4 Å². The van der Waals surface area contributed by atoms with Crippen molar-refractivity contribution in [2.45, 2.75) is 207 Å². The van der Waals surface area contributed by atoms with E-state index in [4.69, 9.17) is 13.9 Å². The van der Waals surface area contributed by atoms with Gasteiger partial charge in [-0.15, -0.1) is 0 Å². The highest BCUT2D eigenvalue weighted by atomic mass is 16.4. The number of hydrogen-bond donors (Lipinski definition) is 3. The van der Waals surface area contributed by atoms with Crippen molar-refractivity contribution in [3.63, 3.8) is 0 Å². The van der Waals surface area contributed by atoms with Gasteiger partial charge >= 0.3 is 17.5 Å². The van der Waals surface area contributed by atoms with Crippen LogP contribution in [0, 0.1) is 5.92 Å². The zero-order valence-electron chi connectivity index (χ0n) is 34.8. The van der Waals surface area contributed by atoms with Crippen molar-refractivity contribution in [2.24, 2.45) is 5.92 Å². The largest absolute Gasteiger partial charge is 0.508 e. The summed E-state index contributed by atoms with van der Waals surface area (Å²) in [6, 6.07) is 2.72. The molecule has 0 aliphatic carbocycles. The number of nitrogens with one attached hydrogen (secondary N) is 1. The lowest BCUT2D eigenvalue weighted by Gasteiger charge is -2.15. The first-order chi connectivity index (χ1) is 25.6. The van der Waals surface area contributed by atoms with E-state index in [0.717, 1.165) is 76.0 Å². The number of nitrogens with zero attached hydrogens (tertiary/aromatic N) is 1. The Morgan fingerprint density at radius 3 is 1.36 bits per heavy atom. The number of hydrogen-bond acceptors (Lipinski definition) is 7. The van der Waals surface area contributed by atoms with Gasteiger partial charge in [0.1, 0.15) is 17.3 Å². The van der Waals surface area contributed by atoms with Gasteiger partial charge in [-0.05, 0) is 38.5 Å². The van der Waals surface area contributed by atoms with Crippen LogP contribution in [0.15, 0.2) is 32.0 Å². The van der Waals surface area contributed by atoms with Crippen molar-refractivity contribution in [3.05, 3.63) is 46.2 Å². The number of carbonyl (C=O) groups excluding carboxylic acids is 1. The molecular formula is C44H78N2O7. The van der Waals surface area contributed by atoms with E-state index < -0.39 is 11.6 Å². The molecule has 0 saturated carbocycles. The Morgan fingerprint density at radius 1 is 0.623 bits per heavy atom. The maximum Gasteiger partial charge on any atom is 0.392 e. The van der Waals surface area contributed by atoms with Gasteiger partial charge in [0.05, 0.1) is 12.3 Å². The molecule has 53 heavy (non-hydrogen) atoms. The molecule has 0 spiro atoms. The summed E-state index contributed by atoms with van der Waals surface area (Å²) in [4.78, 5) is 37.6. The van der Waals surface area contributed by atoms with Crippen molar-refractivity contribution < 1.29 is 28.6 Å². The third kappa shape index (κ3) is 24.8. The third-order valence-corrected chi connectivity index (χ3v) is 9.84. The van der Waals surface area contributed by atoms with Gasteiger partial charge in [0.25, 0.3) is 0 Å². The number of rotatable bonds is 28. The lowest BCUT2D eigenvalue weighted by molar-refractivity contribution is -0.125. The van der Waals surface area contributed by atoms with Crippen molar-refractivity contribution in [1.29, 1.82) is 0 Å². The second-order valence-electron chi connectivity index (χ2n) is 14.6. The number of carboxylic acid groups (broad SMARTS) is 1. The van der Waals surface area contributed by atoms with E-state index in [-0.39, 0.29) is 29.4 Å². The van der Waals surface area contributed by atoms with E-state index >= 15 is 0 Å². The summed E-state index contributed by atoms with van der Waals surface area (Å²) in [6.45, 7) is 13.1. The van der Waals surface area contributed by atoms with Gasteiger partial charge in [-0.1, -0.05) is 157 Å². The molecule has 0 saturated heterocycles. The normalized spacial score (nSPS) is 11.0. The number of aromatic hydroxyl groups is 1. The maximum absolute atomic E-state index is 11.6. The topological polar surface area (TPSA) is 143 Å². The highest BCUT2D eigenvalue weighted by molar-refractivity contribution is 5.82. The molecule has 306 valence electrons. The highest BCUT2D eigenvalue weighted by Crippen LogP contribution is 2.30. The molecule has 0 fully saturated rings. The number of carboxylic acids is 1. The average Bonchev–Trinajstić information content (AvgIpc) is 3.64. The molecule has 2 aromatic rings. The van der Waals surface area contributed by atoms with E-state index in [9.17, 15) is 19.5 Å². The summed E-state index contributed by atoms with van der Waals surface area (Å²) in [5, 5.41) is 21.2. The first-order valence-electron chi connectivity index (χ1n) is 21.4. The lowest BCUT2D eigenvalue weighted by atomic mass is 9.92. The molecule has 0 bridgehead atoms. The lowest BCUT2D eigenvalue weighted by Crippen LogP contribution is -2.27. The summed E-state index contributed by atoms with van der Waals surface area (Å²) in [7, 11) is 1.75. The van der Waals surface area contributed by atoms with E-state index in [0.29, 0.717) is 11.7 Å². The molecule has 0 aliphatic rings. The SMILES string of the molecule is CCCCCC(CCCCC)C(=O)NC.CCCCCC(CCCCC)c1cc(O)cc(=O)o1.CCCCCC(CCCCC)c1cnc(C(=O)O)o1. The van der Waals surface area contributed by atoms with Crippen LogP contribution >= 0.6 is 0 Å². The Balaban J connectivity index is 0.000000773. The second kappa shape index (κ2) is 33.5. The summed E-state index contributed by atoms with van der Waals surface area (Å²) >= 11 is 0. The van der Waals surface area contributed by atoms with Crippen molar-refractivity contribution in [1.82, 2.24) is 10.3 Å². The van der Waals surface area contributed by atoms with Crippen LogP contribution in [-0.4, -0.2) is 34.1 Å². The molecule has 0 unspecified atom stereocenters. The molecule has 9 nitrogen and oxygen atoms in total. The maximum atomic E-state index is 11.6. The van der Waals surface area contributed by atoms with Crippen LogP contribution in [0.2, 0.25) is 0 Å². The van der Waals surface area contributed by atoms with Gasteiger partial charge in [-0.25, -0.2) is 14.6 Å². The van der Waals surface area contributed by atoms with E-state index in [1.807, 2.05) is 0 Å². The van der Waals surface area contributed by atoms with E-state index in [1.165, 1.54) is 89.9 Å². The zero-order chi connectivity index (χ0) is 39.7. The Morgan fingerprint density at radius 2 is 1.02 bits per heavy atom. The smallest absolute Gasteiger partial charge is 0.392 e. The van der Waals surface area contributed by atoms with Crippen molar-refractivity contribution in [3.8, 4) is 5.75 Å². The molecule has 1 amide bonds. The molecule has 0 aromatic carbocycles. The van der Waals surface area contributed by atoms with Crippen LogP contribution in [0.4, 0.5) is 0 Å². The quantitative estimate of drug-likeness (QED) is 0.0730. The molecule has 0 radical (unpaired) electrons. The van der Waals surface area contributed by atoms with Gasteiger partial charge in [0.2, 0.25) is 5.91 Å². The van der Waals surface area contributed by atoms with Crippen LogP contribution in [0.25, 0.3) is 0 Å². The minimum absolute atomic E-state index is 0.0160. The Bertz CT molecular complexity index is 1190. The molecule has 2 rings (SSSR count). The molecule has 3 N–H and O–H groups in total. The summed E-state index contributed by atoms with van der Waals surface area (Å²) in [5.74, 6) is 1.20. The van der Waals surface area contributed by atoms with Gasteiger partial charge in [-0.2, -0.15) is 0 Å². The first kappa shape index (κ1) is 49.9. The first-order valence-corrected chi connectivity index (χ1v) is 21.4. The molecular weight excluding hydrogens is 668 g/mol. The number of amides is 1. The van der Waals surface area contributed by atoms with Crippen molar-refractivity contribution >= 4 is 11.9 Å². The number of aromatic carboxylic acids is 1. The Kier molecular flexibility index (Phi) is 31.5.